The highest BCUT2D eigenvalue weighted by Gasteiger charge is 2.22. The van der Waals surface area contributed by atoms with E-state index >= 15 is 0 Å². The minimum atomic E-state index is 0.131. The van der Waals surface area contributed by atoms with Gasteiger partial charge in [0.1, 0.15) is 0 Å². The second-order valence-electron chi connectivity index (χ2n) is 5.58. The predicted octanol–water partition coefficient (Wildman–Crippen LogP) is 3.21. The molecule has 4 nitrogen and oxygen atoms in total. The van der Waals surface area contributed by atoms with Gasteiger partial charge in [-0.05, 0) is 44.6 Å². The van der Waals surface area contributed by atoms with Gasteiger partial charge in [-0.25, -0.2) is 4.98 Å². The zero-order valence-electron chi connectivity index (χ0n) is 11.5. The van der Waals surface area contributed by atoms with E-state index in [0.717, 1.165) is 31.9 Å². The van der Waals surface area contributed by atoms with Crippen LogP contribution < -0.4 is 9.80 Å². The van der Waals surface area contributed by atoms with Crippen molar-refractivity contribution in [3.05, 3.63) is 12.3 Å². The molecule has 0 atom stereocenters. The van der Waals surface area contributed by atoms with Crippen molar-refractivity contribution in [3.8, 4) is 5.75 Å². The van der Waals surface area contributed by atoms with Crippen LogP contribution in [0.1, 0.15) is 38.5 Å². The number of hydrogen-bond acceptors (Lipinski definition) is 3. The Hall–Kier alpha value is -1.45. The lowest BCUT2D eigenvalue weighted by Gasteiger charge is -2.31. The normalized spacial score (nSPS) is 20.6. The van der Waals surface area contributed by atoms with Crippen LogP contribution in [-0.4, -0.2) is 31.2 Å². The van der Waals surface area contributed by atoms with Gasteiger partial charge in [0.15, 0.2) is 5.82 Å². The molecule has 2 fully saturated rings. The molecular weight excluding hydrogens is 238 g/mol. The van der Waals surface area contributed by atoms with Crippen LogP contribution in [-0.2, 0) is 5.11 Å². The molecule has 0 aliphatic carbocycles. The Labute approximate surface area is 115 Å². The van der Waals surface area contributed by atoms with Crippen molar-refractivity contribution in [2.75, 3.05) is 36.0 Å². The monoisotopic (exact) mass is 260 g/mol. The maximum atomic E-state index is 12.6. The van der Waals surface area contributed by atoms with E-state index in [0.29, 0.717) is 5.82 Å². The van der Waals surface area contributed by atoms with Gasteiger partial charge in [-0.2, -0.15) is 0 Å². The van der Waals surface area contributed by atoms with Crippen molar-refractivity contribution >= 4 is 11.5 Å². The third kappa shape index (κ3) is 2.62. The second kappa shape index (κ2) is 5.68. The molecular formula is C15H22N3O. The average molecular weight is 260 g/mol. The van der Waals surface area contributed by atoms with Gasteiger partial charge in [0.05, 0.1) is 5.69 Å². The fourth-order valence-electron chi connectivity index (χ4n) is 3.14. The van der Waals surface area contributed by atoms with Crippen molar-refractivity contribution in [2.45, 2.75) is 38.5 Å². The molecule has 2 aliphatic rings. The van der Waals surface area contributed by atoms with E-state index in [1.807, 2.05) is 6.07 Å². The number of aromatic nitrogens is 1. The number of nitrogens with zero attached hydrogens (tertiary/aromatic N) is 3. The molecule has 4 heteroatoms. The maximum absolute atomic E-state index is 12.6. The fraction of sp³-hybridized carbons (Fsp3) is 0.667. The summed E-state index contributed by atoms with van der Waals surface area (Å²) >= 11 is 0. The van der Waals surface area contributed by atoms with E-state index in [1.54, 1.807) is 6.20 Å². The Kier molecular flexibility index (Phi) is 3.76. The molecule has 2 aliphatic heterocycles. The lowest BCUT2D eigenvalue weighted by molar-refractivity contribution is 0.351. The van der Waals surface area contributed by atoms with Gasteiger partial charge in [0.25, 0.3) is 0 Å². The summed E-state index contributed by atoms with van der Waals surface area (Å²) in [6.45, 7) is 3.98. The van der Waals surface area contributed by atoms with Crippen molar-refractivity contribution in [2.24, 2.45) is 0 Å². The molecule has 0 aromatic carbocycles. The van der Waals surface area contributed by atoms with Crippen molar-refractivity contribution in [1.82, 2.24) is 4.98 Å². The molecule has 0 amide bonds. The van der Waals surface area contributed by atoms with E-state index in [-0.39, 0.29) is 5.75 Å². The Balaban J connectivity index is 1.84. The van der Waals surface area contributed by atoms with Gasteiger partial charge >= 0.3 is 0 Å². The Morgan fingerprint density at radius 1 is 0.842 bits per heavy atom. The SMILES string of the molecule is [O]c1c(N2CCCCC2)ccnc1N1CCCCC1. The van der Waals surface area contributed by atoms with Crippen molar-refractivity contribution in [1.29, 1.82) is 0 Å². The topological polar surface area (TPSA) is 39.3 Å². The van der Waals surface area contributed by atoms with Crippen LogP contribution in [0.5, 0.6) is 5.75 Å². The summed E-state index contributed by atoms with van der Waals surface area (Å²) in [6, 6.07) is 1.89. The van der Waals surface area contributed by atoms with Crippen LogP contribution in [0.4, 0.5) is 11.5 Å². The van der Waals surface area contributed by atoms with E-state index in [4.69, 9.17) is 0 Å². The number of anilines is 2. The number of hydrogen-bond donors (Lipinski definition) is 0. The van der Waals surface area contributed by atoms with Gasteiger partial charge in [0.2, 0.25) is 5.75 Å². The summed E-state index contributed by atoms with van der Waals surface area (Å²) in [7, 11) is 0. The van der Waals surface area contributed by atoms with Gasteiger partial charge in [-0.1, -0.05) is 0 Å². The molecule has 0 bridgehead atoms. The number of pyridine rings is 1. The van der Waals surface area contributed by atoms with Crippen LogP contribution in [0.2, 0.25) is 0 Å². The zero-order chi connectivity index (χ0) is 13.1. The first-order valence-electron chi connectivity index (χ1n) is 7.52. The molecule has 19 heavy (non-hydrogen) atoms. The highest BCUT2D eigenvalue weighted by Crippen LogP contribution is 2.37. The van der Waals surface area contributed by atoms with Crippen LogP contribution in [0.15, 0.2) is 12.3 Å². The molecule has 1 radical (unpaired) electrons. The summed E-state index contributed by atoms with van der Waals surface area (Å²) in [5, 5.41) is 12.6. The molecule has 0 spiro atoms. The van der Waals surface area contributed by atoms with Crippen molar-refractivity contribution in [3.63, 3.8) is 0 Å². The maximum Gasteiger partial charge on any atom is 0.244 e. The number of piperidine rings is 2. The zero-order valence-corrected chi connectivity index (χ0v) is 11.5. The van der Waals surface area contributed by atoms with Gasteiger partial charge in [0, 0.05) is 32.4 Å². The smallest absolute Gasteiger partial charge is 0.244 e. The van der Waals surface area contributed by atoms with Crippen LogP contribution in [0, 0.1) is 0 Å². The lowest BCUT2D eigenvalue weighted by atomic mass is 10.1. The summed E-state index contributed by atoms with van der Waals surface area (Å²) in [5.74, 6) is 0.800. The molecule has 3 rings (SSSR count). The lowest BCUT2D eigenvalue weighted by Crippen LogP contribution is -2.32. The average Bonchev–Trinajstić information content (AvgIpc) is 2.49. The molecule has 0 unspecified atom stereocenters. The van der Waals surface area contributed by atoms with Crippen molar-refractivity contribution < 1.29 is 5.11 Å². The molecule has 0 N–H and O–H groups in total. The highest BCUT2D eigenvalue weighted by molar-refractivity contribution is 5.68. The first-order valence-corrected chi connectivity index (χ1v) is 7.52. The quantitative estimate of drug-likeness (QED) is 0.819. The second-order valence-corrected chi connectivity index (χ2v) is 5.58. The third-order valence-electron chi connectivity index (χ3n) is 4.22. The molecule has 103 valence electrons. The van der Waals surface area contributed by atoms with Crippen LogP contribution in [0.25, 0.3) is 0 Å². The standard InChI is InChI=1S/C15H22N3O/c19-14-13(17-9-3-1-4-10-17)7-8-16-15(14)18-11-5-2-6-12-18/h7-8H,1-6,9-12H2. The molecule has 3 heterocycles. The summed E-state index contributed by atoms with van der Waals surface area (Å²) < 4.78 is 0. The van der Waals surface area contributed by atoms with Gasteiger partial charge in [-0.15, -0.1) is 0 Å². The van der Waals surface area contributed by atoms with E-state index in [1.165, 1.54) is 38.5 Å². The van der Waals surface area contributed by atoms with E-state index in [9.17, 15) is 5.11 Å². The van der Waals surface area contributed by atoms with E-state index in [2.05, 4.69) is 14.8 Å². The molecule has 1 aromatic heterocycles. The van der Waals surface area contributed by atoms with Gasteiger partial charge < -0.3 is 9.80 Å². The predicted molar refractivity (Wildman–Crippen MR) is 76.5 cm³/mol. The van der Waals surface area contributed by atoms with E-state index < -0.39 is 0 Å². The number of rotatable bonds is 2. The summed E-state index contributed by atoms with van der Waals surface area (Å²) in [5.41, 5.74) is 0.857. The Morgan fingerprint density at radius 2 is 1.42 bits per heavy atom. The molecule has 0 saturated carbocycles. The third-order valence-corrected chi connectivity index (χ3v) is 4.22. The first kappa shape index (κ1) is 12.6. The first-order chi connectivity index (χ1) is 9.36. The van der Waals surface area contributed by atoms with Crippen LogP contribution >= 0.6 is 0 Å². The minimum Gasteiger partial charge on any atom is -0.368 e. The Bertz CT molecular complexity index is 387. The van der Waals surface area contributed by atoms with Gasteiger partial charge in [-0.3, -0.25) is 5.11 Å². The Morgan fingerprint density at radius 3 is 2.05 bits per heavy atom. The fourth-order valence-corrected chi connectivity index (χ4v) is 3.14. The summed E-state index contributed by atoms with van der Waals surface area (Å²) in [4.78, 5) is 8.75. The highest BCUT2D eigenvalue weighted by atomic mass is 16.3. The van der Waals surface area contributed by atoms with Crippen LogP contribution in [0.3, 0.4) is 0 Å². The summed E-state index contributed by atoms with van der Waals surface area (Å²) in [6.07, 6.45) is 9.10. The minimum absolute atomic E-state index is 0.131. The molecule has 1 aromatic rings. The molecule has 2 saturated heterocycles. The largest absolute Gasteiger partial charge is 0.368 e.